The van der Waals surface area contributed by atoms with Crippen molar-refractivity contribution in [2.75, 3.05) is 6.61 Å². The maximum absolute atomic E-state index is 11.0. The second-order valence-corrected chi connectivity index (χ2v) is 2.90. The van der Waals surface area contributed by atoms with Crippen LogP contribution in [0, 0.1) is 18.3 Å². The van der Waals surface area contributed by atoms with Gasteiger partial charge in [-0.15, -0.1) is 6.42 Å². The standard InChI is InChI=1S/C11H16O2/c1-5-9(4)11(12)13-8-10(6-2)7-3/h1,10H,4,6-8H2,2-3H3. The summed E-state index contributed by atoms with van der Waals surface area (Å²) in [5.41, 5.74) is 0.0888. The molecular formula is C11H16O2. The Hall–Kier alpha value is -1.23. The number of rotatable bonds is 5. The minimum atomic E-state index is -0.477. The van der Waals surface area contributed by atoms with Crippen molar-refractivity contribution < 1.29 is 9.53 Å². The zero-order chi connectivity index (χ0) is 10.3. The lowest BCUT2D eigenvalue weighted by Gasteiger charge is -2.11. The van der Waals surface area contributed by atoms with E-state index in [-0.39, 0.29) is 5.57 Å². The minimum absolute atomic E-state index is 0.0888. The van der Waals surface area contributed by atoms with Crippen LogP contribution in [-0.4, -0.2) is 12.6 Å². The monoisotopic (exact) mass is 180 g/mol. The highest BCUT2D eigenvalue weighted by atomic mass is 16.5. The zero-order valence-electron chi connectivity index (χ0n) is 8.30. The van der Waals surface area contributed by atoms with Crippen molar-refractivity contribution in [3.05, 3.63) is 12.2 Å². The summed E-state index contributed by atoms with van der Waals surface area (Å²) < 4.78 is 4.96. The molecule has 0 aromatic carbocycles. The van der Waals surface area contributed by atoms with Gasteiger partial charge in [0.15, 0.2) is 0 Å². The van der Waals surface area contributed by atoms with Gasteiger partial charge in [0.05, 0.1) is 6.61 Å². The van der Waals surface area contributed by atoms with Crippen LogP contribution in [0.25, 0.3) is 0 Å². The zero-order valence-corrected chi connectivity index (χ0v) is 8.30. The molecule has 0 rings (SSSR count). The largest absolute Gasteiger partial charge is 0.461 e. The first-order valence-corrected chi connectivity index (χ1v) is 4.48. The van der Waals surface area contributed by atoms with Gasteiger partial charge in [0.1, 0.15) is 5.57 Å². The molecular weight excluding hydrogens is 164 g/mol. The van der Waals surface area contributed by atoms with Gasteiger partial charge in [-0.1, -0.05) is 39.2 Å². The van der Waals surface area contributed by atoms with Crippen molar-refractivity contribution in [1.29, 1.82) is 0 Å². The minimum Gasteiger partial charge on any atom is -0.461 e. The number of esters is 1. The molecule has 0 saturated heterocycles. The Morgan fingerprint density at radius 3 is 2.46 bits per heavy atom. The van der Waals surface area contributed by atoms with Crippen LogP contribution in [0.3, 0.4) is 0 Å². The van der Waals surface area contributed by atoms with Crippen molar-refractivity contribution >= 4 is 5.97 Å². The molecule has 0 atom stereocenters. The number of hydrogen-bond acceptors (Lipinski definition) is 2. The summed E-state index contributed by atoms with van der Waals surface area (Å²) >= 11 is 0. The number of ether oxygens (including phenoxy) is 1. The normalized spacial score (nSPS) is 9.38. The highest BCUT2D eigenvalue weighted by Crippen LogP contribution is 2.08. The molecule has 0 aromatic rings. The Bertz CT molecular complexity index is 219. The molecule has 0 aliphatic heterocycles. The van der Waals surface area contributed by atoms with E-state index in [4.69, 9.17) is 11.2 Å². The molecule has 0 fully saturated rings. The molecule has 2 heteroatoms. The van der Waals surface area contributed by atoms with E-state index in [9.17, 15) is 4.79 Å². The molecule has 0 N–H and O–H groups in total. The average molecular weight is 180 g/mol. The van der Waals surface area contributed by atoms with E-state index in [1.807, 2.05) is 0 Å². The van der Waals surface area contributed by atoms with E-state index < -0.39 is 5.97 Å². The van der Waals surface area contributed by atoms with Gasteiger partial charge in [0.25, 0.3) is 0 Å². The Labute approximate surface area is 80.0 Å². The molecule has 0 radical (unpaired) electrons. The molecule has 13 heavy (non-hydrogen) atoms. The second kappa shape index (κ2) is 6.30. The molecule has 2 nitrogen and oxygen atoms in total. The lowest BCUT2D eigenvalue weighted by atomic mass is 10.1. The highest BCUT2D eigenvalue weighted by Gasteiger charge is 2.09. The van der Waals surface area contributed by atoms with Crippen molar-refractivity contribution in [2.45, 2.75) is 26.7 Å². The lowest BCUT2D eigenvalue weighted by Crippen LogP contribution is -2.13. The molecule has 0 heterocycles. The van der Waals surface area contributed by atoms with Gasteiger partial charge in [0, 0.05) is 0 Å². The Morgan fingerprint density at radius 1 is 1.54 bits per heavy atom. The predicted octanol–water partition coefficient (Wildman–Crippen LogP) is 2.16. The third-order valence-electron chi connectivity index (χ3n) is 2.03. The lowest BCUT2D eigenvalue weighted by molar-refractivity contribution is -0.139. The molecule has 0 bridgehead atoms. The number of carbonyl (C=O) groups is 1. The van der Waals surface area contributed by atoms with E-state index >= 15 is 0 Å². The molecule has 72 valence electrons. The van der Waals surface area contributed by atoms with Crippen molar-refractivity contribution in [2.24, 2.45) is 5.92 Å². The van der Waals surface area contributed by atoms with Crippen LogP contribution in [0.1, 0.15) is 26.7 Å². The number of carbonyl (C=O) groups excluding carboxylic acids is 1. The SMILES string of the molecule is C#CC(=C)C(=O)OCC(CC)CC. The fourth-order valence-electron chi connectivity index (χ4n) is 0.864. The van der Waals surface area contributed by atoms with E-state index in [2.05, 4.69) is 26.3 Å². The summed E-state index contributed by atoms with van der Waals surface area (Å²) in [6.07, 6.45) is 7.01. The average Bonchev–Trinajstić information content (AvgIpc) is 2.17. The van der Waals surface area contributed by atoms with Gasteiger partial charge in [0.2, 0.25) is 0 Å². The summed E-state index contributed by atoms with van der Waals surface area (Å²) in [5.74, 6) is 2.10. The summed E-state index contributed by atoms with van der Waals surface area (Å²) in [6.45, 7) is 7.96. The Morgan fingerprint density at radius 2 is 2.08 bits per heavy atom. The maximum Gasteiger partial charge on any atom is 0.346 e. The molecule has 0 unspecified atom stereocenters. The van der Waals surface area contributed by atoms with Crippen LogP contribution < -0.4 is 0 Å². The van der Waals surface area contributed by atoms with Gasteiger partial charge in [-0.2, -0.15) is 0 Å². The van der Waals surface area contributed by atoms with Crippen LogP contribution in [0.5, 0.6) is 0 Å². The van der Waals surface area contributed by atoms with Crippen molar-refractivity contribution in [1.82, 2.24) is 0 Å². The van der Waals surface area contributed by atoms with Crippen LogP contribution in [0.2, 0.25) is 0 Å². The molecule has 0 amide bonds. The fourth-order valence-corrected chi connectivity index (χ4v) is 0.864. The summed E-state index contributed by atoms with van der Waals surface area (Å²) in [4.78, 5) is 11.0. The summed E-state index contributed by atoms with van der Waals surface area (Å²) in [7, 11) is 0. The first-order valence-electron chi connectivity index (χ1n) is 4.48. The first-order chi connectivity index (χ1) is 6.15. The summed E-state index contributed by atoms with van der Waals surface area (Å²) in [5, 5.41) is 0. The van der Waals surface area contributed by atoms with Gasteiger partial charge >= 0.3 is 5.97 Å². The molecule has 0 aromatic heterocycles. The van der Waals surface area contributed by atoms with Gasteiger partial charge < -0.3 is 4.74 Å². The van der Waals surface area contributed by atoms with Crippen LogP contribution in [0.15, 0.2) is 12.2 Å². The van der Waals surface area contributed by atoms with E-state index in [0.717, 1.165) is 12.8 Å². The second-order valence-electron chi connectivity index (χ2n) is 2.90. The predicted molar refractivity (Wildman–Crippen MR) is 53.0 cm³/mol. The molecule has 0 saturated carbocycles. The topological polar surface area (TPSA) is 26.3 Å². The fraction of sp³-hybridized carbons (Fsp3) is 0.545. The molecule has 0 aliphatic carbocycles. The maximum atomic E-state index is 11.0. The van der Waals surface area contributed by atoms with Crippen molar-refractivity contribution in [3.63, 3.8) is 0 Å². The highest BCUT2D eigenvalue weighted by molar-refractivity contribution is 5.92. The van der Waals surface area contributed by atoms with Crippen molar-refractivity contribution in [3.8, 4) is 12.3 Å². The van der Waals surface area contributed by atoms with Crippen LogP contribution in [-0.2, 0) is 9.53 Å². The van der Waals surface area contributed by atoms with Gasteiger partial charge in [-0.05, 0) is 5.92 Å². The van der Waals surface area contributed by atoms with Crippen LogP contribution in [0.4, 0.5) is 0 Å². The van der Waals surface area contributed by atoms with Crippen LogP contribution >= 0.6 is 0 Å². The van der Waals surface area contributed by atoms with Gasteiger partial charge in [-0.25, -0.2) is 4.79 Å². The van der Waals surface area contributed by atoms with Gasteiger partial charge in [-0.3, -0.25) is 0 Å². The number of terminal acetylenes is 1. The summed E-state index contributed by atoms with van der Waals surface area (Å²) in [6, 6.07) is 0. The molecule has 0 aliphatic rings. The Balaban J connectivity index is 3.83. The Kier molecular flexibility index (Phi) is 5.71. The number of hydrogen-bond donors (Lipinski definition) is 0. The van der Waals surface area contributed by atoms with E-state index in [1.165, 1.54) is 0 Å². The first kappa shape index (κ1) is 11.8. The quantitative estimate of drug-likeness (QED) is 0.368. The third-order valence-corrected chi connectivity index (χ3v) is 2.03. The van der Waals surface area contributed by atoms with E-state index in [0.29, 0.717) is 12.5 Å². The third kappa shape index (κ3) is 4.37. The smallest absolute Gasteiger partial charge is 0.346 e. The van der Waals surface area contributed by atoms with E-state index in [1.54, 1.807) is 0 Å². The molecule has 0 spiro atoms.